The second kappa shape index (κ2) is 10.3. The summed E-state index contributed by atoms with van der Waals surface area (Å²) in [6.07, 6.45) is 5.84. The molecule has 0 saturated heterocycles. The average Bonchev–Trinajstić information content (AvgIpc) is 3.63. The highest BCUT2D eigenvalue weighted by molar-refractivity contribution is 6.35. The number of aryl methyl sites for hydroxylation is 1. The molecule has 3 aromatic heterocycles. The number of pyridine rings is 2. The topological polar surface area (TPSA) is 104 Å². The molecule has 4 aromatic rings. The molecule has 0 amide bonds. The molecular weight excluding hydrogens is 527 g/mol. The zero-order chi connectivity index (χ0) is 28.8. The summed E-state index contributed by atoms with van der Waals surface area (Å²) in [5, 5.41) is 27.0. The van der Waals surface area contributed by atoms with E-state index in [0.29, 0.717) is 51.3 Å². The van der Waals surface area contributed by atoms with E-state index >= 15 is 0 Å². The number of hydrogen-bond donors (Lipinski definition) is 2. The van der Waals surface area contributed by atoms with E-state index in [1.54, 1.807) is 25.3 Å². The number of anilines is 2. The maximum absolute atomic E-state index is 14.0. The number of benzene rings is 1. The van der Waals surface area contributed by atoms with Crippen LogP contribution >= 0.6 is 11.6 Å². The van der Waals surface area contributed by atoms with Crippen LogP contribution < -0.4 is 10.6 Å². The van der Waals surface area contributed by atoms with Crippen LogP contribution in [0.25, 0.3) is 10.9 Å². The zero-order valence-corrected chi connectivity index (χ0v) is 24.4. The third kappa shape index (κ3) is 5.59. The van der Waals surface area contributed by atoms with Crippen molar-refractivity contribution in [1.82, 2.24) is 25.0 Å². The SMILES string of the molecule is Cc1nc(F)ccc1[C@H](Nc1cc(Cl)c2ncc(C#N)c(NCC(C)(C)C)c2c1)c1cn(C(C)(C)C2CC2)nn1. The molecule has 1 aliphatic carbocycles. The zero-order valence-electron chi connectivity index (χ0n) is 23.7. The van der Waals surface area contributed by atoms with E-state index in [2.05, 4.69) is 71.6 Å². The lowest BCUT2D eigenvalue weighted by atomic mass is 9.96. The minimum Gasteiger partial charge on any atom is -0.383 e. The number of nitriles is 1. The smallest absolute Gasteiger partial charge is 0.213 e. The molecule has 0 unspecified atom stereocenters. The number of nitrogens with zero attached hydrogens (tertiary/aromatic N) is 6. The largest absolute Gasteiger partial charge is 0.383 e. The molecule has 10 heteroatoms. The van der Waals surface area contributed by atoms with Crippen molar-refractivity contribution >= 4 is 33.9 Å². The van der Waals surface area contributed by atoms with Crippen molar-refractivity contribution in [2.24, 2.45) is 11.3 Å². The molecule has 0 bridgehead atoms. The molecule has 3 heterocycles. The van der Waals surface area contributed by atoms with E-state index in [1.807, 2.05) is 16.9 Å². The number of fused-ring (bicyclic) bond motifs is 1. The lowest BCUT2D eigenvalue weighted by molar-refractivity contribution is 0.268. The first-order chi connectivity index (χ1) is 18.9. The molecule has 1 atom stereocenters. The lowest BCUT2D eigenvalue weighted by Gasteiger charge is -2.24. The van der Waals surface area contributed by atoms with Crippen LogP contribution in [0, 0.1) is 35.5 Å². The van der Waals surface area contributed by atoms with E-state index in [0.717, 1.165) is 10.9 Å². The molecule has 40 heavy (non-hydrogen) atoms. The van der Waals surface area contributed by atoms with Crippen molar-refractivity contribution in [3.63, 3.8) is 0 Å². The number of nitrogens with one attached hydrogen (secondary N) is 2. The molecule has 208 valence electrons. The molecule has 0 aliphatic heterocycles. The van der Waals surface area contributed by atoms with E-state index in [-0.39, 0.29) is 11.0 Å². The van der Waals surface area contributed by atoms with Gasteiger partial charge in [0.15, 0.2) is 0 Å². The van der Waals surface area contributed by atoms with Gasteiger partial charge in [0.2, 0.25) is 5.95 Å². The van der Waals surface area contributed by atoms with Gasteiger partial charge in [-0.05, 0) is 63.1 Å². The predicted molar refractivity (Wildman–Crippen MR) is 156 cm³/mol. The molecule has 2 N–H and O–H groups in total. The molecule has 1 fully saturated rings. The quantitative estimate of drug-likeness (QED) is 0.223. The Morgan fingerprint density at radius 1 is 1.20 bits per heavy atom. The molecular formula is C30H34ClFN8. The first kappa shape index (κ1) is 27.8. The normalized spacial score (nSPS) is 14.7. The lowest BCUT2D eigenvalue weighted by Crippen LogP contribution is -2.29. The van der Waals surface area contributed by atoms with E-state index in [9.17, 15) is 9.65 Å². The fourth-order valence-corrected chi connectivity index (χ4v) is 5.23. The van der Waals surface area contributed by atoms with Gasteiger partial charge in [-0.1, -0.05) is 43.7 Å². The van der Waals surface area contributed by atoms with Crippen LogP contribution in [0.15, 0.2) is 36.7 Å². The molecule has 1 aromatic carbocycles. The van der Waals surface area contributed by atoms with Crippen LogP contribution in [0.5, 0.6) is 0 Å². The summed E-state index contributed by atoms with van der Waals surface area (Å²) < 4.78 is 15.9. The van der Waals surface area contributed by atoms with Crippen molar-refractivity contribution < 1.29 is 4.39 Å². The Balaban J connectivity index is 1.60. The molecule has 1 saturated carbocycles. The predicted octanol–water partition coefficient (Wildman–Crippen LogP) is 7.00. The van der Waals surface area contributed by atoms with Crippen LogP contribution in [0.2, 0.25) is 5.02 Å². The van der Waals surface area contributed by atoms with Crippen LogP contribution in [0.3, 0.4) is 0 Å². The second-order valence-electron chi connectivity index (χ2n) is 12.3. The first-order valence-corrected chi connectivity index (χ1v) is 13.8. The fraction of sp³-hybridized carbons (Fsp3) is 0.433. The van der Waals surface area contributed by atoms with Gasteiger partial charge >= 0.3 is 0 Å². The van der Waals surface area contributed by atoms with Gasteiger partial charge in [-0.25, -0.2) is 9.67 Å². The van der Waals surface area contributed by atoms with Crippen molar-refractivity contribution in [1.29, 1.82) is 5.26 Å². The summed E-state index contributed by atoms with van der Waals surface area (Å²) in [6.45, 7) is 13.1. The summed E-state index contributed by atoms with van der Waals surface area (Å²) in [7, 11) is 0. The number of aromatic nitrogens is 5. The van der Waals surface area contributed by atoms with Crippen LogP contribution in [-0.4, -0.2) is 31.5 Å². The van der Waals surface area contributed by atoms with Crippen molar-refractivity contribution in [2.75, 3.05) is 17.2 Å². The van der Waals surface area contributed by atoms with Crippen molar-refractivity contribution in [2.45, 2.75) is 66.0 Å². The van der Waals surface area contributed by atoms with Crippen LogP contribution in [0.1, 0.15) is 76.0 Å². The van der Waals surface area contributed by atoms with Crippen LogP contribution in [0.4, 0.5) is 15.8 Å². The summed E-state index contributed by atoms with van der Waals surface area (Å²) in [6, 6.07) is 8.56. The van der Waals surface area contributed by atoms with Gasteiger partial charge in [0.1, 0.15) is 11.8 Å². The van der Waals surface area contributed by atoms with Gasteiger partial charge in [-0.2, -0.15) is 9.65 Å². The van der Waals surface area contributed by atoms with Gasteiger partial charge < -0.3 is 10.6 Å². The summed E-state index contributed by atoms with van der Waals surface area (Å²) in [4.78, 5) is 8.53. The van der Waals surface area contributed by atoms with Gasteiger partial charge in [0, 0.05) is 35.1 Å². The highest BCUT2D eigenvalue weighted by atomic mass is 35.5. The minimum absolute atomic E-state index is 0.0136. The molecule has 0 radical (unpaired) electrons. The maximum Gasteiger partial charge on any atom is 0.213 e. The van der Waals surface area contributed by atoms with E-state index < -0.39 is 12.0 Å². The number of halogens is 2. The second-order valence-corrected chi connectivity index (χ2v) is 12.7. The Morgan fingerprint density at radius 3 is 2.60 bits per heavy atom. The summed E-state index contributed by atoms with van der Waals surface area (Å²) in [5.74, 6) is 0.0137. The Bertz CT molecular complexity index is 1610. The third-order valence-electron chi connectivity index (χ3n) is 7.53. The summed E-state index contributed by atoms with van der Waals surface area (Å²) >= 11 is 6.75. The monoisotopic (exact) mass is 560 g/mol. The molecule has 0 spiro atoms. The number of rotatable bonds is 8. The number of hydrogen-bond acceptors (Lipinski definition) is 7. The van der Waals surface area contributed by atoms with Crippen molar-refractivity contribution in [3.05, 3.63) is 70.1 Å². The van der Waals surface area contributed by atoms with Crippen LogP contribution in [-0.2, 0) is 5.54 Å². The Morgan fingerprint density at radius 2 is 1.95 bits per heavy atom. The Labute approximate surface area is 239 Å². The summed E-state index contributed by atoms with van der Waals surface area (Å²) in [5.41, 5.74) is 4.22. The van der Waals surface area contributed by atoms with Gasteiger partial charge in [-0.15, -0.1) is 5.10 Å². The Kier molecular flexibility index (Phi) is 7.17. The highest BCUT2D eigenvalue weighted by Gasteiger charge is 2.40. The standard InChI is InChI=1S/C30H34ClFN8/c1-17-21(9-10-25(32)36-17)28(24-15-40(39-38-24)30(5,6)19-7-8-19)37-20-11-22-26(35-16-29(2,3)4)18(13-33)14-34-27(22)23(31)12-20/h9-12,14-15,19,28,37H,7-8,16H2,1-6H3,(H,34,35)/t28-/m0/s1. The van der Waals surface area contributed by atoms with Gasteiger partial charge in [-0.3, -0.25) is 4.98 Å². The van der Waals surface area contributed by atoms with Gasteiger partial charge in [0.25, 0.3) is 0 Å². The average molecular weight is 561 g/mol. The molecule has 1 aliphatic rings. The molecule has 5 rings (SSSR count). The first-order valence-electron chi connectivity index (χ1n) is 13.5. The van der Waals surface area contributed by atoms with Crippen molar-refractivity contribution in [3.8, 4) is 6.07 Å². The fourth-order valence-electron chi connectivity index (χ4n) is 4.96. The maximum atomic E-state index is 14.0. The highest BCUT2D eigenvalue weighted by Crippen LogP contribution is 2.44. The van der Waals surface area contributed by atoms with E-state index in [1.165, 1.54) is 18.9 Å². The Hall–Kier alpha value is -3.77. The molecule has 8 nitrogen and oxygen atoms in total. The third-order valence-corrected chi connectivity index (χ3v) is 7.82. The minimum atomic E-state index is -0.544. The van der Waals surface area contributed by atoms with E-state index in [4.69, 9.17) is 11.6 Å². The van der Waals surface area contributed by atoms with Gasteiger partial charge in [0.05, 0.1) is 39.6 Å².